The van der Waals surface area contributed by atoms with E-state index >= 15 is 0 Å². The number of hydrogen-bond acceptors (Lipinski definition) is 5. The molecule has 0 aromatic carbocycles. The predicted molar refractivity (Wildman–Crippen MR) is 77.8 cm³/mol. The lowest BCUT2D eigenvalue weighted by Gasteiger charge is -2.28. The highest BCUT2D eigenvalue weighted by Gasteiger charge is 2.44. The van der Waals surface area contributed by atoms with Crippen molar-refractivity contribution in [3.63, 3.8) is 0 Å². The summed E-state index contributed by atoms with van der Waals surface area (Å²) in [5, 5.41) is 14.0. The molecule has 0 spiro atoms. The molecule has 22 heavy (non-hydrogen) atoms. The van der Waals surface area contributed by atoms with Gasteiger partial charge in [0.05, 0.1) is 18.6 Å². The number of hydrogen-bond donors (Lipinski definition) is 3. The van der Waals surface area contributed by atoms with Gasteiger partial charge in [-0.25, -0.2) is 4.79 Å². The Morgan fingerprint density at radius 2 is 2.36 bits per heavy atom. The molecule has 1 aromatic rings. The zero-order valence-corrected chi connectivity index (χ0v) is 12.3. The second-order valence-electron chi connectivity index (χ2n) is 5.73. The van der Waals surface area contributed by atoms with Gasteiger partial charge in [0.2, 0.25) is 0 Å². The molecule has 5 N–H and O–H groups in total. The molecule has 120 valence electrons. The SMILES string of the molecule is CN1C(=O)N2C[C@H]1CC[C@H]2c1cc([C@H](O)CN=C(N)N)on1. The number of carbonyl (C=O) groups excluding carboxylic acids is 1. The van der Waals surface area contributed by atoms with Gasteiger partial charge in [-0.3, -0.25) is 4.99 Å². The molecular formula is C13H20N6O3. The van der Waals surface area contributed by atoms with Gasteiger partial charge in [0.15, 0.2) is 11.7 Å². The van der Waals surface area contributed by atoms with Crippen LogP contribution in [0.25, 0.3) is 0 Å². The number of amides is 2. The molecular weight excluding hydrogens is 288 g/mol. The van der Waals surface area contributed by atoms with Crippen molar-refractivity contribution >= 4 is 12.0 Å². The number of aromatic nitrogens is 1. The van der Waals surface area contributed by atoms with Crippen LogP contribution in [0.15, 0.2) is 15.6 Å². The van der Waals surface area contributed by atoms with Gasteiger partial charge in [-0.05, 0) is 12.8 Å². The summed E-state index contributed by atoms with van der Waals surface area (Å²) >= 11 is 0. The van der Waals surface area contributed by atoms with E-state index in [2.05, 4.69) is 10.1 Å². The van der Waals surface area contributed by atoms with E-state index in [1.54, 1.807) is 15.9 Å². The lowest BCUT2D eigenvalue weighted by molar-refractivity contribution is 0.146. The summed E-state index contributed by atoms with van der Waals surface area (Å²) in [7, 11) is 1.82. The molecule has 9 nitrogen and oxygen atoms in total. The maximum absolute atomic E-state index is 12.2. The van der Waals surface area contributed by atoms with E-state index in [1.807, 2.05) is 7.05 Å². The largest absolute Gasteiger partial charge is 0.383 e. The Morgan fingerprint density at radius 3 is 3.09 bits per heavy atom. The van der Waals surface area contributed by atoms with E-state index in [1.165, 1.54) is 0 Å². The van der Waals surface area contributed by atoms with Crippen LogP contribution in [0.2, 0.25) is 0 Å². The number of piperidine rings is 1. The highest BCUT2D eigenvalue weighted by atomic mass is 16.5. The van der Waals surface area contributed by atoms with E-state index in [-0.39, 0.29) is 30.6 Å². The quantitative estimate of drug-likeness (QED) is 0.509. The Hall–Kier alpha value is -2.29. The van der Waals surface area contributed by atoms with Crippen LogP contribution in [0, 0.1) is 0 Å². The van der Waals surface area contributed by atoms with Crippen LogP contribution in [-0.2, 0) is 0 Å². The van der Waals surface area contributed by atoms with Gasteiger partial charge < -0.3 is 30.9 Å². The van der Waals surface area contributed by atoms with Gasteiger partial charge in [0.25, 0.3) is 0 Å². The Labute approximate surface area is 127 Å². The standard InChI is InChI=1S/C13H20N6O3/c1-18-7-2-3-9(19(6-7)13(18)21)8-4-11(22-17-8)10(20)5-16-12(14)15/h4,7,9-10,20H,2-3,5-6H2,1H3,(H4,14,15,16)/t7-,9+,10-/m1/s1. The average Bonchev–Trinajstić information content (AvgIpc) is 3.07. The van der Waals surface area contributed by atoms with Crippen LogP contribution >= 0.6 is 0 Å². The molecule has 2 amide bonds. The van der Waals surface area contributed by atoms with E-state index in [9.17, 15) is 9.90 Å². The van der Waals surface area contributed by atoms with Crippen molar-refractivity contribution in [1.29, 1.82) is 0 Å². The van der Waals surface area contributed by atoms with Crippen molar-refractivity contribution in [1.82, 2.24) is 15.0 Å². The number of nitrogens with two attached hydrogens (primary N) is 2. The van der Waals surface area contributed by atoms with Crippen LogP contribution in [-0.4, -0.2) is 58.2 Å². The third kappa shape index (κ3) is 2.47. The minimum absolute atomic E-state index is 0.00902. The second-order valence-corrected chi connectivity index (χ2v) is 5.73. The number of aliphatic hydroxyl groups is 1. The van der Waals surface area contributed by atoms with Crippen LogP contribution in [0.5, 0.6) is 0 Å². The first-order chi connectivity index (χ1) is 10.5. The zero-order chi connectivity index (χ0) is 15.9. The monoisotopic (exact) mass is 308 g/mol. The van der Waals surface area contributed by atoms with Crippen molar-refractivity contribution in [2.24, 2.45) is 16.5 Å². The van der Waals surface area contributed by atoms with Crippen molar-refractivity contribution in [2.75, 3.05) is 20.1 Å². The van der Waals surface area contributed by atoms with E-state index in [0.29, 0.717) is 18.0 Å². The number of aliphatic imine (C=N–C) groups is 1. The topological polar surface area (TPSA) is 134 Å². The first kappa shape index (κ1) is 14.6. The third-order valence-electron chi connectivity index (χ3n) is 4.32. The molecule has 0 radical (unpaired) electrons. The molecule has 3 rings (SSSR count). The smallest absolute Gasteiger partial charge is 0.320 e. The summed E-state index contributed by atoms with van der Waals surface area (Å²) in [5.41, 5.74) is 11.1. The number of guanidine groups is 1. The van der Waals surface area contributed by atoms with Gasteiger partial charge in [-0.2, -0.15) is 0 Å². The third-order valence-corrected chi connectivity index (χ3v) is 4.32. The highest BCUT2D eigenvalue weighted by molar-refractivity contribution is 5.78. The summed E-state index contributed by atoms with van der Waals surface area (Å²) in [6.45, 7) is 0.716. The van der Waals surface area contributed by atoms with E-state index in [4.69, 9.17) is 16.0 Å². The maximum atomic E-state index is 12.2. The van der Waals surface area contributed by atoms with Gasteiger partial charge in [0, 0.05) is 19.7 Å². The lowest BCUT2D eigenvalue weighted by atomic mass is 9.98. The van der Waals surface area contributed by atoms with Gasteiger partial charge in [-0.1, -0.05) is 5.16 Å². The summed E-state index contributed by atoms with van der Waals surface area (Å²) < 4.78 is 5.18. The number of aliphatic hydroxyl groups excluding tert-OH is 1. The second kappa shape index (κ2) is 5.48. The molecule has 3 atom stereocenters. The zero-order valence-electron chi connectivity index (χ0n) is 12.3. The fourth-order valence-electron chi connectivity index (χ4n) is 3.05. The molecule has 2 aliphatic rings. The lowest BCUT2D eigenvalue weighted by Crippen LogP contribution is -2.34. The summed E-state index contributed by atoms with van der Waals surface area (Å²) in [6.07, 6.45) is 0.801. The summed E-state index contributed by atoms with van der Waals surface area (Å²) in [6, 6.07) is 1.85. The van der Waals surface area contributed by atoms with Crippen molar-refractivity contribution in [2.45, 2.75) is 31.0 Å². The Balaban J connectivity index is 1.74. The Morgan fingerprint density at radius 1 is 1.59 bits per heavy atom. The fraction of sp³-hybridized carbons (Fsp3) is 0.615. The molecule has 0 saturated carbocycles. The molecule has 1 aromatic heterocycles. The number of rotatable bonds is 4. The Kier molecular flexibility index (Phi) is 3.65. The number of nitrogens with zero attached hydrogens (tertiary/aromatic N) is 4. The molecule has 2 saturated heterocycles. The molecule has 3 heterocycles. The van der Waals surface area contributed by atoms with Crippen molar-refractivity contribution < 1.29 is 14.4 Å². The van der Waals surface area contributed by atoms with Gasteiger partial charge in [0.1, 0.15) is 11.8 Å². The Bertz CT molecular complexity index is 596. The van der Waals surface area contributed by atoms with E-state index < -0.39 is 6.10 Å². The average molecular weight is 308 g/mol. The number of carbonyl (C=O) groups is 1. The van der Waals surface area contributed by atoms with Crippen LogP contribution in [0.3, 0.4) is 0 Å². The number of urea groups is 1. The molecule has 0 aliphatic carbocycles. The van der Waals surface area contributed by atoms with E-state index in [0.717, 1.165) is 12.8 Å². The predicted octanol–water partition coefficient (Wildman–Crippen LogP) is -0.448. The fourth-order valence-corrected chi connectivity index (χ4v) is 3.05. The van der Waals surface area contributed by atoms with Crippen LogP contribution < -0.4 is 11.5 Å². The van der Waals surface area contributed by atoms with Crippen molar-refractivity contribution in [3.05, 3.63) is 17.5 Å². The summed E-state index contributed by atoms with van der Waals surface area (Å²) in [4.78, 5) is 19.5. The number of likely N-dealkylation sites (N-methyl/N-ethyl adjacent to an activating group) is 1. The molecule has 2 aliphatic heterocycles. The molecule has 0 unspecified atom stereocenters. The maximum Gasteiger partial charge on any atom is 0.320 e. The van der Waals surface area contributed by atoms with Crippen molar-refractivity contribution in [3.8, 4) is 0 Å². The summed E-state index contributed by atoms with van der Waals surface area (Å²) in [5.74, 6) is 0.199. The highest BCUT2D eigenvalue weighted by Crippen LogP contribution is 2.37. The first-order valence-electron chi connectivity index (χ1n) is 7.20. The van der Waals surface area contributed by atoms with Crippen LogP contribution in [0.1, 0.15) is 36.4 Å². The van der Waals surface area contributed by atoms with Gasteiger partial charge >= 0.3 is 6.03 Å². The normalized spacial score (nSPS) is 25.5. The van der Waals surface area contributed by atoms with Gasteiger partial charge in [-0.15, -0.1) is 0 Å². The molecule has 2 bridgehead atoms. The first-order valence-corrected chi connectivity index (χ1v) is 7.20. The molecule has 9 heteroatoms. The number of fused-ring (bicyclic) bond motifs is 2. The minimum atomic E-state index is -0.961. The van der Waals surface area contributed by atoms with Crippen LogP contribution in [0.4, 0.5) is 4.79 Å². The minimum Gasteiger partial charge on any atom is -0.383 e. The molecule has 2 fully saturated rings.